The van der Waals surface area contributed by atoms with Crippen molar-refractivity contribution in [3.05, 3.63) is 0 Å². The van der Waals surface area contributed by atoms with Crippen LogP contribution >= 0.6 is 0 Å². The Morgan fingerprint density at radius 3 is 2.24 bits per heavy atom. The molecule has 0 aromatic heterocycles. The van der Waals surface area contributed by atoms with Crippen LogP contribution in [0.5, 0.6) is 0 Å². The summed E-state index contributed by atoms with van der Waals surface area (Å²) in [5.74, 6) is 0.0686. The van der Waals surface area contributed by atoms with Crippen molar-refractivity contribution < 1.29 is 9.59 Å². The van der Waals surface area contributed by atoms with Crippen LogP contribution in [0.25, 0.3) is 0 Å². The molecule has 1 unspecified atom stereocenters. The fourth-order valence-corrected chi connectivity index (χ4v) is 1.08. The first-order valence-corrected chi connectivity index (χ1v) is 6.18. The minimum Gasteiger partial charge on any atom is -0.354 e. The van der Waals surface area contributed by atoms with Crippen LogP contribution in [0, 0.1) is 11.8 Å². The molecular weight excluding hydrogens is 218 g/mol. The molecule has 0 heterocycles. The zero-order valence-corrected chi connectivity index (χ0v) is 11.2. The molecule has 5 heteroatoms. The number of hydrogen-bond acceptors (Lipinski definition) is 3. The number of carbonyl (C=O) groups is 2. The van der Waals surface area contributed by atoms with Gasteiger partial charge in [-0.25, -0.2) is 0 Å². The fourth-order valence-electron chi connectivity index (χ4n) is 1.08. The fraction of sp³-hybridized carbons (Fsp3) is 0.833. The SMILES string of the molecule is CCC(C)CNC(=O)CNC(=O)[C@@H](N)C(C)C. The third kappa shape index (κ3) is 6.94. The Labute approximate surface area is 104 Å². The van der Waals surface area contributed by atoms with Crippen LogP contribution < -0.4 is 16.4 Å². The van der Waals surface area contributed by atoms with Gasteiger partial charge in [-0.05, 0) is 11.8 Å². The Kier molecular flexibility index (Phi) is 7.54. The van der Waals surface area contributed by atoms with Crippen molar-refractivity contribution in [2.24, 2.45) is 17.6 Å². The molecule has 4 N–H and O–H groups in total. The Bertz CT molecular complexity index is 254. The maximum Gasteiger partial charge on any atom is 0.239 e. The van der Waals surface area contributed by atoms with Gasteiger partial charge in [0, 0.05) is 6.54 Å². The van der Waals surface area contributed by atoms with E-state index >= 15 is 0 Å². The quantitative estimate of drug-likeness (QED) is 0.599. The molecule has 0 spiro atoms. The van der Waals surface area contributed by atoms with Crippen molar-refractivity contribution in [1.82, 2.24) is 10.6 Å². The van der Waals surface area contributed by atoms with Gasteiger partial charge in [-0.3, -0.25) is 9.59 Å². The summed E-state index contributed by atoms with van der Waals surface area (Å²) in [6.07, 6.45) is 1.02. The van der Waals surface area contributed by atoms with E-state index in [2.05, 4.69) is 24.5 Å². The predicted octanol–water partition coefficient (Wildman–Crippen LogP) is 0.248. The highest BCUT2D eigenvalue weighted by molar-refractivity contribution is 5.87. The van der Waals surface area contributed by atoms with Gasteiger partial charge >= 0.3 is 0 Å². The third-order valence-electron chi connectivity index (χ3n) is 2.79. The van der Waals surface area contributed by atoms with Crippen molar-refractivity contribution in [3.8, 4) is 0 Å². The van der Waals surface area contributed by atoms with E-state index in [1.807, 2.05) is 13.8 Å². The van der Waals surface area contributed by atoms with Crippen LogP contribution in [0.15, 0.2) is 0 Å². The van der Waals surface area contributed by atoms with Gasteiger partial charge in [-0.2, -0.15) is 0 Å². The molecule has 2 amide bonds. The average molecular weight is 243 g/mol. The summed E-state index contributed by atoms with van der Waals surface area (Å²) in [5, 5.41) is 5.29. The van der Waals surface area contributed by atoms with E-state index in [0.29, 0.717) is 12.5 Å². The molecule has 0 bridgehead atoms. The first-order chi connectivity index (χ1) is 7.88. The standard InChI is InChI=1S/C12H25N3O2/c1-5-9(4)6-14-10(16)7-15-12(17)11(13)8(2)3/h8-9,11H,5-7,13H2,1-4H3,(H,14,16)(H,15,17)/t9?,11-/m0/s1. The first kappa shape index (κ1) is 15.9. The third-order valence-corrected chi connectivity index (χ3v) is 2.79. The molecule has 0 aromatic carbocycles. The Balaban J connectivity index is 3.81. The van der Waals surface area contributed by atoms with Crippen LogP contribution in [0.3, 0.4) is 0 Å². The molecule has 0 saturated heterocycles. The second kappa shape index (κ2) is 8.06. The number of nitrogens with one attached hydrogen (secondary N) is 2. The number of amides is 2. The van der Waals surface area contributed by atoms with Crippen molar-refractivity contribution >= 4 is 11.8 Å². The zero-order chi connectivity index (χ0) is 13.4. The second-order valence-corrected chi connectivity index (χ2v) is 4.81. The summed E-state index contributed by atoms with van der Waals surface area (Å²) in [6.45, 7) is 8.51. The maximum absolute atomic E-state index is 11.5. The first-order valence-electron chi connectivity index (χ1n) is 6.18. The molecule has 100 valence electrons. The highest BCUT2D eigenvalue weighted by Crippen LogP contribution is 1.98. The predicted molar refractivity (Wildman–Crippen MR) is 68.3 cm³/mol. The molecule has 0 radical (unpaired) electrons. The summed E-state index contributed by atoms with van der Waals surface area (Å²) in [6, 6.07) is -0.558. The van der Waals surface area contributed by atoms with Crippen molar-refractivity contribution in [1.29, 1.82) is 0 Å². The topological polar surface area (TPSA) is 84.2 Å². The molecule has 17 heavy (non-hydrogen) atoms. The van der Waals surface area contributed by atoms with Crippen molar-refractivity contribution in [3.63, 3.8) is 0 Å². The Morgan fingerprint density at radius 2 is 1.76 bits per heavy atom. The van der Waals surface area contributed by atoms with Gasteiger partial charge in [0.25, 0.3) is 0 Å². The lowest BCUT2D eigenvalue weighted by Crippen LogP contribution is -2.47. The number of carbonyl (C=O) groups excluding carboxylic acids is 2. The Morgan fingerprint density at radius 1 is 1.18 bits per heavy atom. The number of rotatable bonds is 7. The molecular formula is C12H25N3O2. The smallest absolute Gasteiger partial charge is 0.239 e. The van der Waals surface area contributed by atoms with E-state index < -0.39 is 6.04 Å². The van der Waals surface area contributed by atoms with Crippen LogP contribution in [0.2, 0.25) is 0 Å². The maximum atomic E-state index is 11.5. The summed E-state index contributed by atoms with van der Waals surface area (Å²) in [5.41, 5.74) is 5.65. The van der Waals surface area contributed by atoms with E-state index in [1.54, 1.807) is 0 Å². The highest BCUT2D eigenvalue weighted by atomic mass is 16.2. The molecule has 2 atom stereocenters. The van der Waals surface area contributed by atoms with Gasteiger partial charge in [-0.1, -0.05) is 34.1 Å². The minimum absolute atomic E-state index is 0.00428. The van der Waals surface area contributed by atoms with Crippen molar-refractivity contribution in [2.75, 3.05) is 13.1 Å². The van der Waals surface area contributed by atoms with E-state index in [0.717, 1.165) is 6.42 Å². The summed E-state index contributed by atoms with van der Waals surface area (Å²) < 4.78 is 0. The van der Waals surface area contributed by atoms with Gasteiger partial charge in [0.15, 0.2) is 0 Å². The van der Waals surface area contributed by atoms with E-state index in [4.69, 9.17) is 5.73 Å². The van der Waals surface area contributed by atoms with Crippen LogP contribution in [0.4, 0.5) is 0 Å². The Hall–Kier alpha value is -1.10. The molecule has 0 aromatic rings. The van der Waals surface area contributed by atoms with E-state index in [1.165, 1.54) is 0 Å². The molecule has 0 rings (SSSR count). The highest BCUT2D eigenvalue weighted by Gasteiger charge is 2.17. The lowest BCUT2D eigenvalue weighted by molar-refractivity contribution is -0.127. The minimum atomic E-state index is -0.558. The van der Waals surface area contributed by atoms with Crippen LogP contribution in [-0.4, -0.2) is 30.9 Å². The lowest BCUT2D eigenvalue weighted by atomic mass is 10.1. The molecule has 5 nitrogen and oxygen atoms in total. The number of hydrogen-bond donors (Lipinski definition) is 3. The molecule has 0 aliphatic heterocycles. The normalized spacial score (nSPS) is 14.2. The van der Waals surface area contributed by atoms with E-state index in [-0.39, 0.29) is 24.3 Å². The van der Waals surface area contributed by atoms with Crippen LogP contribution in [0.1, 0.15) is 34.1 Å². The van der Waals surface area contributed by atoms with Gasteiger partial charge in [0.2, 0.25) is 11.8 Å². The summed E-state index contributed by atoms with van der Waals surface area (Å²) in [4.78, 5) is 22.9. The van der Waals surface area contributed by atoms with Crippen LogP contribution in [-0.2, 0) is 9.59 Å². The number of nitrogens with two attached hydrogens (primary N) is 1. The summed E-state index contributed by atoms with van der Waals surface area (Å²) >= 11 is 0. The molecule has 0 aliphatic rings. The zero-order valence-electron chi connectivity index (χ0n) is 11.2. The lowest BCUT2D eigenvalue weighted by Gasteiger charge is -2.15. The monoisotopic (exact) mass is 243 g/mol. The summed E-state index contributed by atoms with van der Waals surface area (Å²) in [7, 11) is 0. The van der Waals surface area contributed by atoms with Gasteiger partial charge < -0.3 is 16.4 Å². The van der Waals surface area contributed by atoms with Gasteiger partial charge in [0.05, 0.1) is 12.6 Å². The van der Waals surface area contributed by atoms with E-state index in [9.17, 15) is 9.59 Å². The second-order valence-electron chi connectivity index (χ2n) is 4.81. The average Bonchev–Trinajstić information content (AvgIpc) is 2.31. The largest absolute Gasteiger partial charge is 0.354 e. The molecule has 0 saturated carbocycles. The van der Waals surface area contributed by atoms with Gasteiger partial charge in [0.1, 0.15) is 0 Å². The molecule has 0 aliphatic carbocycles. The van der Waals surface area contributed by atoms with Crippen molar-refractivity contribution in [2.45, 2.75) is 40.2 Å². The molecule has 0 fully saturated rings. The van der Waals surface area contributed by atoms with Gasteiger partial charge in [-0.15, -0.1) is 0 Å².